The van der Waals surface area contributed by atoms with Crippen LogP contribution in [0.4, 0.5) is 0 Å². The topological polar surface area (TPSA) is 23.5 Å². The highest BCUT2D eigenvalue weighted by atomic mass is 32.2. The minimum atomic E-state index is 0.299. The van der Waals surface area contributed by atoms with E-state index in [2.05, 4.69) is 4.31 Å². The van der Waals surface area contributed by atoms with Gasteiger partial charge in [0.25, 0.3) is 0 Å². The lowest BCUT2D eigenvalue weighted by Gasteiger charge is -2.09. The van der Waals surface area contributed by atoms with Gasteiger partial charge in [-0.2, -0.15) is 0 Å². The molecular weight excluding hydrogens is 122 g/mol. The van der Waals surface area contributed by atoms with Crippen molar-refractivity contribution in [1.29, 1.82) is 0 Å². The minimum Gasteiger partial charge on any atom is -0.395 e. The summed E-state index contributed by atoms with van der Waals surface area (Å²) in [7, 11) is 0. The zero-order valence-electron chi connectivity index (χ0n) is 4.84. The van der Waals surface area contributed by atoms with Gasteiger partial charge in [-0.1, -0.05) is 11.9 Å². The SMILES string of the molecule is OCCN1CCCS1. The fourth-order valence-electron chi connectivity index (χ4n) is 0.787. The summed E-state index contributed by atoms with van der Waals surface area (Å²) in [6, 6.07) is 0. The average molecular weight is 133 g/mol. The third-order valence-corrected chi connectivity index (χ3v) is 2.38. The summed E-state index contributed by atoms with van der Waals surface area (Å²) >= 11 is 1.84. The molecule has 0 unspecified atom stereocenters. The second-order valence-corrected chi connectivity index (χ2v) is 3.02. The van der Waals surface area contributed by atoms with E-state index < -0.39 is 0 Å². The van der Waals surface area contributed by atoms with Crippen LogP contribution < -0.4 is 0 Å². The maximum absolute atomic E-state index is 8.47. The average Bonchev–Trinajstić information content (AvgIpc) is 2.19. The molecule has 0 aromatic heterocycles. The zero-order chi connectivity index (χ0) is 5.82. The Hall–Kier alpha value is 0.270. The molecule has 8 heavy (non-hydrogen) atoms. The fraction of sp³-hybridized carbons (Fsp3) is 1.00. The van der Waals surface area contributed by atoms with Gasteiger partial charge in [-0.3, -0.25) is 0 Å². The van der Waals surface area contributed by atoms with Crippen LogP contribution in [0.1, 0.15) is 6.42 Å². The Kier molecular flexibility index (Phi) is 2.66. The zero-order valence-corrected chi connectivity index (χ0v) is 5.65. The van der Waals surface area contributed by atoms with E-state index in [1.165, 1.54) is 12.2 Å². The molecule has 0 saturated carbocycles. The first-order chi connectivity index (χ1) is 3.93. The maximum Gasteiger partial charge on any atom is 0.0567 e. The third kappa shape index (κ3) is 1.65. The summed E-state index contributed by atoms with van der Waals surface area (Å²) in [6.45, 7) is 2.29. The van der Waals surface area contributed by atoms with Crippen molar-refractivity contribution in [1.82, 2.24) is 4.31 Å². The second-order valence-electron chi connectivity index (χ2n) is 1.84. The van der Waals surface area contributed by atoms with Gasteiger partial charge in [-0.25, -0.2) is 4.31 Å². The van der Waals surface area contributed by atoms with Crippen molar-refractivity contribution in [3.63, 3.8) is 0 Å². The summed E-state index contributed by atoms with van der Waals surface area (Å²) < 4.78 is 2.21. The van der Waals surface area contributed by atoms with Crippen molar-refractivity contribution >= 4 is 11.9 Å². The molecule has 1 rings (SSSR count). The Morgan fingerprint density at radius 2 is 2.50 bits per heavy atom. The first-order valence-electron chi connectivity index (χ1n) is 2.92. The van der Waals surface area contributed by atoms with E-state index in [1.54, 1.807) is 0 Å². The van der Waals surface area contributed by atoms with Gasteiger partial charge in [0.1, 0.15) is 0 Å². The molecule has 1 heterocycles. The van der Waals surface area contributed by atoms with Crippen molar-refractivity contribution in [3.05, 3.63) is 0 Å². The van der Waals surface area contributed by atoms with Crippen molar-refractivity contribution in [2.75, 3.05) is 25.4 Å². The number of hydrogen-bond acceptors (Lipinski definition) is 3. The van der Waals surface area contributed by atoms with E-state index in [9.17, 15) is 0 Å². The van der Waals surface area contributed by atoms with Gasteiger partial charge in [0.15, 0.2) is 0 Å². The molecule has 0 amide bonds. The Labute approximate surface area is 54.0 Å². The summed E-state index contributed by atoms with van der Waals surface area (Å²) in [5.41, 5.74) is 0. The van der Waals surface area contributed by atoms with Gasteiger partial charge >= 0.3 is 0 Å². The highest BCUT2D eigenvalue weighted by Gasteiger charge is 2.09. The van der Waals surface area contributed by atoms with Gasteiger partial charge < -0.3 is 5.11 Å². The Morgan fingerprint density at radius 3 is 3.00 bits per heavy atom. The van der Waals surface area contributed by atoms with Gasteiger partial charge in [0.05, 0.1) is 6.61 Å². The normalized spacial score (nSPS) is 22.1. The van der Waals surface area contributed by atoms with E-state index in [0.717, 1.165) is 13.1 Å². The van der Waals surface area contributed by atoms with Crippen molar-refractivity contribution < 1.29 is 5.11 Å². The largest absolute Gasteiger partial charge is 0.395 e. The summed E-state index contributed by atoms with van der Waals surface area (Å²) in [6.07, 6.45) is 1.28. The molecule has 0 aromatic rings. The maximum atomic E-state index is 8.47. The van der Waals surface area contributed by atoms with Crippen molar-refractivity contribution in [2.24, 2.45) is 0 Å². The van der Waals surface area contributed by atoms with Crippen LogP contribution in [-0.2, 0) is 0 Å². The molecule has 1 fully saturated rings. The van der Waals surface area contributed by atoms with Crippen LogP contribution in [0, 0.1) is 0 Å². The number of aliphatic hydroxyl groups excluding tert-OH is 1. The van der Waals surface area contributed by atoms with Gasteiger partial charge in [0, 0.05) is 18.8 Å². The van der Waals surface area contributed by atoms with Crippen molar-refractivity contribution in [2.45, 2.75) is 6.42 Å². The Balaban J connectivity index is 2.06. The van der Waals surface area contributed by atoms with E-state index in [0.29, 0.717) is 6.61 Å². The van der Waals surface area contributed by atoms with E-state index in [4.69, 9.17) is 5.11 Å². The van der Waals surface area contributed by atoms with E-state index >= 15 is 0 Å². The van der Waals surface area contributed by atoms with Crippen LogP contribution in [0.3, 0.4) is 0 Å². The van der Waals surface area contributed by atoms with Crippen LogP contribution in [-0.4, -0.2) is 34.9 Å². The van der Waals surface area contributed by atoms with Gasteiger partial charge in [0.2, 0.25) is 0 Å². The molecule has 1 aliphatic heterocycles. The molecule has 1 N–H and O–H groups in total. The van der Waals surface area contributed by atoms with E-state index in [-0.39, 0.29) is 0 Å². The van der Waals surface area contributed by atoms with Crippen molar-refractivity contribution in [3.8, 4) is 0 Å². The van der Waals surface area contributed by atoms with Crippen LogP contribution in [0.2, 0.25) is 0 Å². The van der Waals surface area contributed by atoms with E-state index in [1.807, 2.05) is 11.9 Å². The van der Waals surface area contributed by atoms with Crippen LogP contribution >= 0.6 is 11.9 Å². The minimum absolute atomic E-state index is 0.299. The first-order valence-corrected chi connectivity index (χ1v) is 3.86. The number of hydrogen-bond donors (Lipinski definition) is 1. The molecule has 0 spiro atoms. The summed E-state index contributed by atoms with van der Waals surface area (Å²) in [5, 5.41) is 8.47. The molecular formula is C5H11NOS. The van der Waals surface area contributed by atoms with Gasteiger partial charge in [-0.05, 0) is 6.42 Å². The molecule has 0 atom stereocenters. The molecule has 0 bridgehead atoms. The second kappa shape index (κ2) is 3.33. The molecule has 0 aliphatic carbocycles. The third-order valence-electron chi connectivity index (χ3n) is 1.18. The lowest BCUT2D eigenvalue weighted by Crippen LogP contribution is -2.15. The molecule has 3 heteroatoms. The first kappa shape index (κ1) is 6.39. The molecule has 1 aliphatic rings. The predicted octanol–water partition coefficient (Wildman–Crippen LogP) is 0.333. The summed E-state index contributed by atoms with van der Waals surface area (Å²) in [4.78, 5) is 0. The molecule has 1 saturated heterocycles. The van der Waals surface area contributed by atoms with Gasteiger partial charge in [-0.15, -0.1) is 0 Å². The lowest BCUT2D eigenvalue weighted by atomic mass is 10.5. The fourth-order valence-corrected chi connectivity index (χ4v) is 1.77. The number of rotatable bonds is 2. The Bertz CT molecular complexity index is 63.4. The summed E-state index contributed by atoms with van der Waals surface area (Å²) in [5.74, 6) is 1.24. The predicted molar refractivity (Wildman–Crippen MR) is 35.7 cm³/mol. The van der Waals surface area contributed by atoms with Crippen LogP contribution in [0.5, 0.6) is 0 Å². The van der Waals surface area contributed by atoms with Crippen LogP contribution in [0.25, 0.3) is 0 Å². The number of β-amino-alcohol motifs (C(OH)–C–C–N with tert-alkyl or cyclic N) is 1. The quantitative estimate of drug-likeness (QED) is 0.549. The standard InChI is InChI=1S/C5H11NOS/c7-4-3-6-2-1-5-8-6/h7H,1-5H2. The smallest absolute Gasteiger partial charge is 0.0567 e. The highest BCUT2D eigenvalue weighted by molar-refractivity contribution is 7.97. The number of nitrogens with zero attached hydrogens (tertiary/aromatic N) is 1. The highest BCUT2D eigenvalue weighted by Crippen LogP contribution is 2.18. The molecule has 2 nitrogen and oxygen atoms in total. The lowest BCUT2D eigenvalue weighted by molar-refractivity contribution is 0.265. The number of aliphatic hydroxyl groups is 1. The molecule has 48 valence electrons. The Morgan fingerprint density at radius 1 is 1.62 bits per heavy atom. The molecule has 0 radical (unpaired) electrons. The van der Waals surface area contributed by atoms with Crippen LogP contribution in [0.15, 0.2) is 0 Å². The monoisotopic (exact) mass is 133 g/mol. The molecule has 0 aromatic carbocycles.